The molecule has 4 rings (SSSR count). The summed E-state index contributed by atoms with van der Waals surface area (Å²) in [6.07, 6.45) is 4.34. The van der Waals surface area contributed by atoms with Crippen LogP contribution in [0.2, 0.25) is 0 Å². The molecule has 3 aromatic heterocycles. The number of hydrogen-bond acceptors (Lipinski definition) is 7. The number of aryl methyl sites for hydroxylation is 1. The van der Waals surface area contributed by atoms with E-state index < -0.39 is 9.84 Å². The highest BCUT2D eigenvalue weighted by molar-refractivity contribution is 7.90. The largest absolute Gasteiger partial charge is 0.486 e. The van der Waals surface area contributed by atoms with Gasteiger partial charge in [0, 0.05) is 43.4 Å². The predicted molar refractivity (Wildman–Crippen MR) is 107 cm³/mol. The molecule has 4 heterocycles. The van der Waals surface area contributed by atoms with Crippen LogP contribution < -0.4 is 14.8 Å². The van der Waals surface area contributed by atoms with Gasteiger partial charge in [-0.2, -0.15) is 0 Å². The summed E-state index contributed by atoms with van der Waals surface area (Å²) in [6.45, 7) is 3.57. The van der Waals surface area contributed by atoms with E-state index in [1.165, 1.54) is 13.0 Å². The number of nitrogens with one attached hydrogen (secondary N) is 1. The summed E-state index contributed by atoms with van der Waals surface area (Å²) in [4.78, 5) is 20.1. The number of sulfone groups is 1. The van der Waals surface area contributed by atoms with E-state index in [2.05, 4.69) is 15.3 Å². The van der Waals surface area contributed by atoms with Crippen molar-refractivity contribution in [1.82, 2.24) is 14.5 Å². The van der Waals surface area contributed by atoms with Gasteiger partial charge in [-0.1, -0.05) is 0 Å². The van der Waals surface area contributed by atoms with Crippen molar-refractivity contribution >= 4 is 32.5 Å². The summed E-state index contributed by atoms with van der Waals surface area (Å²) in [5, 5.41) is 3.30. The lowest BCUT2D eigenvalue weighted by Crippen LogP contribution is -2.26. The van der Waals surface area contributed by atoms with E-state index in [9.17, 15) is 13.2 Å². The minimum Gasteiger partial charge on any atom is -0.486 e. The third-order valence-electron chi connectivity index (χ3n) is 4.52. The van der Waals surface area contributed by atoms with Gasteiger partial charge < -0.3 is 19.4 Å². The molecule has 152 valence electrons. The third-order valence-corrected chi connectivity index (χ3v) is 5.49. The van der Waals surface area contributed by atoms with E-state index in [0.717, 1.165) is 17.2 Å². The Hall–Kier alpha value is -3.14. The summed E-state index contributed by atoms with van der Waals surface area (Å²) in [7, 11) is -1.73. The number of carbonyl (C=O) groups excluding carboxylic acids is 1. The molecule has 0 aliphatic carbocycles. The van der Waals surface area contributed by atoms with Crippen LogP contribution in [0.15, 0.2) is 29.6 Å². The van der Waals surface area contributed by atoms with Crippen LogP contribution in [-0.4, -0.2) is 47.8 Å². The van der Waals surface area contributed by atoms with Crippen LogP contribution in [0.1, 0.15) is 13.8 Å². The number of nitrogens with zero attached hydrogens (tertiary/aromatic N) is 3. The zero-order chi connectivity index (χ0) is 20.9. The maximum atomic E-state index is 12.2. The van der Waals surface area contributed by atoms with E-state index in [4.69, 9.17) is 9.47 Å². The molecule has 1 aliphatic heterocycles. The standard InChI is InChI=1S/C19H20N4O5S/c1-10-9-27-15-6-17(29(4,25)26)22-18(19(15)28-10)13-8-23(3)14-7-20-16(5-12(13)14)21-11(2)24/h5-8,10H,9H2,1-4H3,(H,20,21,24). The number of pyridine rings is 2. The smallest absolute Gasteiger partial charge is 0.222 e. The van der Waals surface area contributed by atoms with E-state index in [1.807, 2.05) is 24.7 Å². The van der Waals surface area contributed by atoms with Gasteiger partial charge in [0.2, 0.25) is 5.91 Å². The van der Waals surface area contributed by atoms with Gasteiger partial charge in [-0.15, -0.1) is 0 Å². The van der Waals surface area contributed by atoms with Crippen LogP contribution in [0, 0.1) is 0 Å². The molecule has 0 spiro atoms. The van der Waals surface area contributed by atoms with Crippen molar-refractivity contribution in [1.29, 1.82) is 0 Å². The van der Waals surface area contributed by atoms with Gasteiger partial charge in [-0.3, -0.25) is 4.79 Å². The first kappa shape index (κ1) is 19.2. The first-order valence-corrected chi connectivity index (χ1v) is 10.8. The lowest BCUT2D eigenvalue weighted by molar-refractivity contribution is -0.114. The maximum absolute atomic E-state index is 12.2. The molecule has 1 unspecified atom stereocenters. The molecule has 0 fully saturated rings. The normalized spacial score (nSPS) is 16.1. The summed E-state index contributed by atoms with van der Waals surface area (Å²) < 4.78 is 37.9. The monoisotopic (exact) mass is 416 g/mol. The van der Waals surface area contributed by atoms with Gasteiger partial charge in [-0.25, -0.2) is 18.4 Å². The highest BCUT2D eigenvalue weighted by Gasteiger charge is 2.28. The van der Waals surface area contributed by atoms with E-state index >= 15 is 0 Å². The molecule has 1 N–H and O–H groups in total. The fraction of sp³-hybridized carbons (Fsp3) is 0.316. The van der Waals surface area contributed by atoms with Crippen molar-refractivity contribution in [2.45, 2.75) is 25.0 Å². The molecule has 0 bridgehead atoms. The summed E-state index contributed by atoms with van der Waals surface area (Å²) in [5.41, 5.74) is 1.80. The van der Waals surface area contributed by atoms with Crippen LogP contribution in [-0.2, 0) is 21.7 Å². The van der Waals surface area contributed by atoms with Crippen molar-refractivity contribution in [2.24, 2.45) is 7.05 Å². The number of anilines is 1. The van der Waals surface area contributed by atoms with Crippen LogP contribution in [0.4, 0.5) is 5.82 Å². The second kappa shape index (κ2) is 6.73. The summed E-state index contributed by atoms with van der Waals surface area (Å²) in [6, 6.07) is 3.11. The lowest BCUT2D eigenvalue weighted by atomic mass is 10.1. The number of carbonyl (C=O) groups is 1. The Morgan fingerprint density at radius 1 is 1.34 bits per heavy atom. The van der Waals surface area contributed by atoms with Crippen molar-refractivity contribution < 1.29 is 22.7 Å². The van der Waals surface area contributed by atoms with Crippen LogP contribution >= 0.6 is 0 Å². The number of fused-ring (bicyclic) bond motifs is 2. The highest BCUT2D eigenvalue weighted by Crippen LogP contribution is 2.43. The molecule has 0 aromatic carbocycles. The Kier molecular flexibility index (Phi) is 4.45. The number of rotatable bonds is 3. The molecule has 1 aliphatic rings. The predicted octanol–water partition coefficient (Wildman–Crippen LogP) is 2.16. The minimum absolute atomic E-state index is 0.0995. The fourth-order valence-electron chi connectivity index (χ4n) is 3.24. The Morgan fingerprint density at radius 2 is 2.10 bits per heavy atom. The van der Waals surface area contributed by atoms with Gasteiger partial charge in [-0.05, 0) is 13.0 Å². The molecule has 3 aromatic rings. The highest BCUT2D eigenvalue weighted by atomic mass is 32.2. The van der Waals surface area contributed by atoms with Gasteiger partial charge in [0.05, 0.1) is 11.7 Å². The maximum Gasteiger partial charge on any atom is 0.222 e. The average Bonchev–Trinajstić information content (AvgIpc) is 2.95. The first-order chi connectivity index (χ1) is 13.6. The lowest BCUT2D eigenvalue weighted by Gasteiger charge is -2.25. The summed E-state index contributed by atoms with van der Waals surface area (Å²) >= 11 is 0. The first-order valence-electron chi connectivity index (χ1n) is 8.91. The zero-order valence-electron chi connectivity index (χ0n) is 16.4. The van der Waals surface area contributed by atoms with Gasteiger partial charge in [0.1, 0.15) is 24.2 Å². The van der Waals surface area contributed by atoms with Crippen LogP contribution in [0.3, 0.4) is 0 Å². The molecule has 0 saturated carbocycles. The molecule has 0 radical (unpaired) electrons. The number of amides is 1. The van der Waals surface area contributed by atoms with Gasteiger partial charge in [0.15, 0.2) is 26.4 Å². The average molecular weight is 416 g/mol. The summed E-state index contributed by atoms with van der Waals surface area (Å²) in [5.74, 6) is 0.869. The molecule has 10 heteroatoms. The number of aromatic nitrogens is 3. The molecule has 9 nitrogen and oxygen atoms in total. The minimum atomic E-state index is -3.57. The van der Waals surface area contributed by atoms with Gasteiger partial charge >= 0.3 is 0 Å². The molecule has 1 amide bonds. The molecule has 1 atom stereocenters. The molecular weight excluding hydrogens is 396 g/mol. The fourth-order valence-corrected chi connectivity index (χ4v) is 3.82. The van der Waals surface area contributed by atoms with Crippen LogP contribution in [0.25, 0.3) is 22.2 Å². The van der Waals surface area contributed by atoms with E-state index in [-0.39, 0.29) is 17.0 Å². The zero-order valence-corrected chi connectivity index (χ0v) is 17.2. The van der Waals surface area contributed by atoms with Crippen molar-refractivity contribution in [3.8, 4) is 22.8 Å². The Bertz CT molecular complexity index is 1250. The van der Waals surface area contributed by atoms with E-state index in [0.29, 0.717) is 35.2 Å². The number of hydrogen-bond donors (Lipinski definition) is 1. The second-order valence-electron chi connectivity index (χ2n) is 7.07. The van der Waals surface area contributed by atoms with Gasteiger partial charge in [0.25, 0.3) is 0 Å². The third kappa shape index (κ3) is 3.51. The SMILES string of the molecule is CC(=O)Nc1cc2c(-c3nc(S(C)(=O)=O)cc4c3OC(C)CO4)cn(C)c2cn1. The van der Waals surface area contributed by atoms with Crippen LogP contribution in [0.5, 0.6) is 11.5 Å². The quantitative estimate of drug-likeness (QED) is 0.696. The topological polar surface area (TPSA) is 112 Å². The Morgan fingerprint density at radius 3 is 2.79 bits per heavy atom. The number of ether oxygens (including phenoxy) is 2. The molecule has 29 heavy (non-hydrogen) atoms. The Labute approximate surface area is 167 Å². The van der Waals surface area contributed by atoms with Crippen molar-refractivity contribution in [2.75, 3.05) is 18.2 Å². The molecular formula is C19H20N4O5S. The van der Waals surface area contributed by atoms with E-state index in [1.54, 1.807) is 12.3 Å². The Balaban J connectivity index is 2.01. The molecule has 0 saturated heterocycles. The second-order valence-corrected chi connectivity index (χ2v) is 9.03. The van der Waals surface area contributed by atoms with Crippen molar-refractivity contribution in [3.63, 3.8) is 0 Å². The van der Waals surface area contributed by atoms with Crippen molar-refractivity contribution in [3.05, 3.63) is 24.5 Å².